The number of nitrogens with zero attached hydrogens (tertiary/aromatic N) is 2. The molecule has 2 aliphatic rings. The van der Waals surface area contributed by atoms with Crippen molar-refractivity contribution in [1.82, 2.24) is 5.32 Å². The molecule has 0 radical (unpaired) electrons. The summed E-state index contributed by atoms with van der Waals surface area (Å²) in [5, 5.41) is 14.8. The molecule has 7 heteroatoms. The molecule has 1 saturated heterocycles. The third-order valence-corrected chi connectivity index (χ3v) is 6.43. The second-order valence-electron chi connectivity index (χ2n) is 8.16. The highest BCUT2D eigenvalue weighted by Gasteiger charge is 2.57. The van der Waals surface area contributed by atoms with Crippen LogP contribution in [0.4, 0.5) is 11.4 Å². The van der Waals surface area contributed by atoms with Gasteiger partial charge in [0.25, 0.3) is 5.69 Å². The third kappa shape index (κ3) is 2.90. The maximum atomic E-state index is 12.5. The Morgan fingerprint density at radius 3 is 2.72 bits per heavy atom. The number of hydrogen-bond acceptors (Lipinski definition) is 4. The Hall–Kier alpha value is -2.86. The van der Waals surface area contributed by atoms with Gasteiger partial charge in [0, 0.05) is 41.2 Å². The highest BCUT2D eigenvalue weighted by molar-refractivity contribution is 6.32. The van der Waals surface area contributed by atoms with E-state index in [1.54, 1.807) is 6.08 Å². The molecular formula is C22H22ClN3O3. The topological polar surface area (TPSA) is 75.5 Å². The van der Waals surface area contributed by atoms with E-state index in [9.17, 15) is 14.9 Å². The fourth-order valence-electron chi connectivity index (χ4n) is 4.45. The number of fused-ring (bicyclic) bond motifs is 3. The van der Waals surface area contributed by atoms with Gasteiger partial charge in [0.05, 0.1) is 4.92 Å². The minimum absolute atomic E-state index is 0.0198. The number of nitrogens with one attached hydrogen (secondary N) is 1. The van der Waals surface area contributed by atoms with Crippen molar-refractivity contribution < 1.29 is 9.72 Å². The van der Waals surface area contributed by atoms with Crippen LogP contribution in [0.3, 0.4) is 0 Å². The molecule has 4 rings (SSSR count). The average molecular weight is 412 g/mol. The number of nitro groups is 1. The maximum absolute atomic E-state index is 12.5. The average Bonchev–Trinajstić information content (AvgIpc) is 2.85. The number of carbonyl (C=O) groups excluding carboxylic acids is 1. The molecule has 2 aromatic rings. The van der Waals surface area contributed by atoms with Crippen LogP contribution >= 0.6 is 11.6 Å². The minimum atomic E-state index is -0.785. The first kappa shape index (κ1) is 19.5. The van der Waals surface area contributed by atoms with Crippen molar-refractivity contribution in [2.75, 3.05) is 11.4 Å². The lowest BCUT2D eigenvalue weighted by Crippen LogP contribution is -2.68. The third-order valence-electron chi connectivity index (χ3n) is 6.08. The van der Waals surface area contributed by atoms with Gasteiger partial charge in [0.2, 0.25) is 5.91 Å². The summed E-state index contributed by atoms with van der Waals surface area (Å²) in [6, 6.07) is 10.7. The van der Waals surface area contributed by atoms with Crippen molar-refractivity contribution in [2.24, 2.45) is 0 Å². The number of hydrogen-bond donors (Lipinski definition) is 1. The van der Waals surface area contributed by atoms with Crippen molar-refractivity contribution >= 4 is 35.0 Å². The van der Waals surface area contributed by atoms with Gasteiger partial charge in [-0.25, -0.2) is 0 Å². The second-order valence-corrected chi connectivity index (χ2v) is 8.57. The first-order valence-electron chi connectivity index (χ1n) is 9.49. The van der Waals surface area contributed by atoms with Gasteiger partial charge in [0.15, 0.2) is 0 Å². The van der Waals surface area contributed by atoms with Crippen molar-refractivity contribution in [1.29, 1.82) is 0 Å². The number of nitro benzene ring substituents is 1. The lowest BCUT2D eigenvalue weighted by molar-refractivity contribution is -0.384. The van der Waals surface area contributed by atoms with Crippen molar-refractivity contribution in [2.45, 2.75) is 38.3 Å². The molecule has 0 bridgehead atoms. The Morgan fingerprint density at radius 2 is 2.00 bits per heavy atom. The highest BCUT2D eigenvalue weighted by Crippen LogP contribution is 2.52. The molecular weight excluding hydrogens is 390 g/mol. The zero-order valence-electron chi connectivity index (χ0n) is 16.5. The molecule has 1 unspecified atom stereocenters. The Balaban J connectivity index is 1.86. The van der Waals surface area contributed by atoms with Crippen molar-refractivity contribution in [3.05, 3.63) is 74.3 Å². The van der Waals surface area contributed by atoms with Crippen LogP contribution in [0, 0.1) is 17.0 Å². The Morgan fingerprint density at radius 1 is 1.24 bits per heavy atom. The molecule has 1 fully saturated rings. The monoisotopic (exact) mass is 411 g/mol. The Labute approximate surface area is 174 Å². The van der Waals surface area contributed by atoms with Gasteiger partial charge < -0.3 is 10.2 Å². The molecule has 2 aliphatic heterocycles. The van der Waals surface area contributed by atoms with Crippen LogP contribution in [-0.2, 0) is 10.2 Å². The summed E-state index contributed by atoms with van der Waals surface area (Å²) < 4.78 is 0. The zero-order valence-corrected chi connectivity index (χ0v) is 17.3. The van der Waals surface area contributed by atoms with Gasteiger partial charge >= 0.3 is 0 Å². The maximum Gasteiger partial charge on any atom is 0.270 e. The van der Waals surface area contributed by atoms with Crippen LogP contribution in [0.1, 0.15) is 37.0 Å². The summed E-state index contributed by atoms with van der Waals surface area (Å²) in [4.78, 5) is 25.4. The van der Waals surface area contributed by atoms with Crippen molar-refractivity contribution in [3.8, 4) is 0 Å². The van der Waals surface area contributed by atoms with Gasteiger partial charge in [-0.3, -0.25) is 14.9 Å². The van der Waals surface area contributed by atoms with Crippen LogP contribution < -0.4 is 10.2 Å². The van der Waals surface area contributed by atoms with Crippen LogP contribution in [0.5, 0.6) is 0 Å². The van der Waals surface area contributed by atoms with Crippen LogP contribution in [0.15, 0.2) is 42.5 Å². The molecule has 1 N–H and O–H groups in total. The molecule has 150 valence electrons. The van der Waals surface area contributed by atoms with Gasteiger partial charge in [-0.1, -0.05) is 49.2 Å². The van der Waals surface area contributed by atoms with E-state index in [4.69, 9.17) is 11.6 Å². The predicted molar refractivity (Wildman–Crippen MR) is 114 cm³/mol. The van der Waals surface area contributed by atoms with Crippen molar-refractivity contribution in [3.63, 3.8) is 0 Å². The fraction of sp³-hybridized carbons (Fsp3) is 0.318. The fourth-order valence-corrected chi connectivity index (χ4v) is 4.63. The first-order chi connectivity index (χ1) is 13.7. The van der Waals surface area contributed by atoms with Crippen LogP contribution in [-0.4, -0.2) is 23.0 Å². The molecule has 0 aromatic heterocycles. The molecule has 1 atom stereocenters. The molecule has 2 aromatic carbocycles. The van der Waals surface area contributed by atoms with E-state index in [-0.39, 0.29) is 11.6 Å². The first-order valence-corrected chi connectivity index (χ1v) is 9.86. The molecule has 0 saturated carbocycles. The van der Waals surface area contributed by atoms with E-state index in [2.05, 4.69) is 49.2 Å². The largest absolute Gasteiger partial charge is 0.344 e. The standard InChI is InChI=1S/C22H22ClN3O3/c1-14-4-7-19-17(12-14)21(2,3)22(24-20(27)9-11-25(19)22)10-8-15-13-16(26(28)29)5-6-18(15)23/h4-8,10,12-13H,9,11H2,1-3H3,(H,24,27)/b10-8+. The Bertz CT molecular complexity index is 1060. The number of rotatable bonds is 3. The summed E-state index contributed by atoms with van der Waals surface area (Å²) in [5.74, 6) is -0.0198. The number of halogens is 1. The van der Waals surface area contributed by atoms with E-state index in [0.29, 0.717) is 23.6 Å². The number of non-ortho nitro benzene ring substituents is 1. The van der Waals surface area contributed by atoms with Gasteiger partial charge in [0.1, 0.15) is 5.66 Å². The number of aryl methyl sites for hydroxylation is 1. The SMILES string of the molecule is Cc1ccc2c(c1)C(C)(C)C1(/C=C/c3cc([N+](=O)[O-])ccc3Cl)NC(=O)CCN21. The lowest BCUT2D eigenvalue weighted by Gasteiger charge is -2.49. The molecule has 2 heterocycles. The molecule has 0 spiro atoms. The predicted octanol–water partition coefficient (Wildman–Crippen LogP) is 4.58. The van der Waals surface area contributed by atoms with E-state index in [1.165, 1.54) is 18.2 Å². The van der Waals surface area contributed by atoms with Crippen LogP contribution in [0.2, 0.25) is 5.02 Å². The zero-order chi connectivity index (χ0) is 21.0. The normalized spacial score (nSPS) is 22.3. The van der Waals surface area contributed by atoms with Gasteiger partial charge in [-0.05, 0) is 36.3 Å². The smallest absolute Gasteiger partial charge is 0.270 e. The number of benzene rings is 2. The Kier molecular flexibility index (Phi) is 4.42. The summed E-state index contributed by atoms with van der Waals surface area (Å²) >= 11 is 6.29. The molecule has 0 aliphatic carbocycles. The van der Waals surface area contributed by atoms with E-state index in [0.717, 1.165) is 16.8 Å². The molecule has 6 nitrogen and oxygen atoms in total. The molecule has 1 amide bonds. The lowest BCUT2D eigenvalue weighted by atomic mass is 9.74. The quantitative estimate of drug-likeness (QED) is 0.592. The summed E-state index contributed by atoms with van der Waals surface area (Å²) in [5.41, 5.74) is 2.72. The molecule has 29 heavy (non-hydrogen) atoms. The van der Waals surface area contributed by atoms with Gasteiger partial charge in [-0.15, -0.1) is 0 Å². The summed E-state index contributed by atoms with van der Waals surface area (Å²) in [6.45, 7) is 6.86. The number of anilines is 1. The van der Waals surface area contributed by atoms with E-state index in [1.807, 2.05) is 6.08 Å². The van der Waals surface area contributed by atoms with E-state index >= 15 is 0 Å². The number of carbonyl (C=O) groups is 1. The minimum Gasteiger partial charge on any atom is -0.344 e. The number of amides is 1. The second kappa shape index (κ2) is 6.59. The van der Waals surface area contributed by atoms with Crippen LogP contribution in [0.25, 0.3) is 6.08 Å². The summed E-state index contributed by atoms with van der Waals surface area (Å²) in [7, 11) is 0. The summed E-state index contributed by atoms with van der Waals surface area (Å²) in [6.07, 6.45) is 4.11. The highest BCUT2D eigenvalue weighted by atomic mass is 35.5. The van der Waals surface area contributed by atoms with Gasteiger partial charge in [-0.2, -0.15) is 0 Å². The van der Waals surface area contributed by atoms with E-state index < -0.39 is 16.0 Å².